The number of nitrogens with one attached hydrogen (secondary N) is 2. The Morgan fingerprint density at radius 2 is 1.96 bits per heavy atom. The molecule has 5 nitrogen and oxygen atoms in total. The number of hydrogen-bond acceptors (Lipinski definition) is 2. The maximum atomic E-state index is 4.44. The number of halogens is 1. The van der Waals surface area contributed by atoms with Gasteiger partial charge in [-0.05, 0) is 30.9 Å². The van der Waals surface area contributed by atoms with E-state index in [4.69, 9.17) is 0 Å². The summed E-state index contributed by atoms with van der Waals surface area (Å²) in [5.41, 5.74) is 2.56. The van der Waals surface area contributed by atoms with Crippen LogP contribution in [0.5, 0.6) is 0 Å². The van der Waals surface area contributed by atoms with E-state index in [-0.39, 0.29) is 30.0 Å². The lowest BCUT2D eigenvalue weighted by atomic mass is 10.0. The van der Waals surface area contributed by atoms with Crippen LogP contribution in [0.4, 0.5) is 0 Å². The molecule has 0 aliphatic rings. The van der Waals surface area contributed by atoms with Gasteiger partial charge in [-0.2, -0.15) is 0 Å². The molecule has 1 aromatic heterocycles. The summed E-state index contributed by atoms with van der Waals surface area (Å²) in [6.07, 6.45) is 3.88. The molecule has 25 heavy (non-hydrogen) atoms. The van der Waals surface area contributed by atoms with Crippen molar-refractivity contribution in [3.63, 3.8) is 0 Å². The summed E-state index contributed by atoms with van der Waals surface area (Å²) in [6, 6.07) is 8.60. The van der Waals surface area contributed by atoms with Gasteiger partial charge in [0.1, 0.15) is 5.82 Å². The average Bonchev–Trinajstić information content (AvgIpc) is 2.98. The number of nitrogens with zero attached hydrogens (tertiary/aromatic N) is 3. The topological polar surface area (TPSA) is 54.2 Å². The Balaban J connectivity index is 0.00000312. The number of benzene rings is 1. The van der Waals surface area contributed by atoms with Crippen LogP contribution in [-0.4, -0.2) is 22.6 Å². The molecule has 1 unspecified atom stereocenters. The minimum atomic E-state index is 0. The first-order valence-corrected chi connectivity index (χ1v) is 8.54. The molecule has 1 heterocycles. The molecule has 0 aliphatic heterocycles. The lowest BCUT2D eigenvalue weighted by Gasteiger charge is -2.20. The third kappa shape index (κ3) is 6.34. The van der Waals surface area contributed by atoms with Crippen LogP contribution in [0.1, 0.15) is 43.8 Å². The predicted octanol–water partition coefficient (Wildman–Crippen LogP) is 3.89. The van der Waals surface area contributed by atoms with Gasteiger partial charge in [0.25, 0.3) is 0 Å². The van der Waals surface area contributed by atoms with Crippen molar-refractivity contribution >= 4 is 29.9 Å². The molecule has 2 aromatic rings. The molecule has 0 spiro atoms. The van der Waals surface area contributed by atoms with E-state index in [0.29, 0.717) is 12.5 Å². The van der Waals surface area contributed by atoms with Crippen LogP contribution in [0, 0.1) is 12.8 Å². The van der Waals surface area contributed by atoms with Gasteiger partial charge in [0, 0.05) is 26.0 Å². The highest BCUT2D eigenvalue weighted by molar-refractivity contribution is 14.0. The molecule has 2 rings (SSSR count). The summed E-state index contributed by atoms with van der Waals surface area (Å²) in [5.74, 6) is 2.40. The Bertz CT molecular complexity index is 678. The van der Waals surface area contributed by atoms with Crippen LogP contribution in [0.15, 0.2) is 41.7 Å². The second-order valence-corrected chi connectivity index (χ2v) is 6.54. The Morgan fingerprint density at radius 3 is 2.60 bits per heavy atom. The number of rotatable bonds is 6. The Hall–Kier alpha value is -1.57. The number of aromatic nitrogens is 2. The number of guanidine groups is 1. The lowest BCUT2D eigenvalue weighted by molar-refractivity contribution is 0.503. The van der Waals surface area contributed by atoms with Crippen molar-refractivity contribution in [2.75, 3.05) is 7.05 Å². The molecule has 0 saturated heterocycles. The molecule has 0 bridgehead atoms. The van der Waals surface area contributed by atoms with Crippen molar-refractivity contribution in [1.82, 2.24) is 20.2 Å². The van der Waals surface area contributed by atoms with Crippen LogP contribution < -0.4 is 10.6 Å². The van der Waals surface area contributed by atoms with Gasteiger partial charge in [-0.1, -0.05) is 38.1 Å². The zero-order valence-corrected chi connectivity index (χ0v) is 18.1. The molecule has 0 aliphatic carbocycles. The van der Waals surface area contributed by atoms with Crippen LogP contribution in [0.3, 0.4) is 0 Å². The molecule has 1 aromatic carbocycles. The van der Waals surface area contributed by atoms with E-state index in [1.807, 2.05) is 12.4 Å². The lowest BCUT2D eigenvalue weighted by Crippen LogP contribution is -2.39. The second-order valence-electron chi connectivity index (χ2n) is 6.54. The van der Waals surface area contributed by atoms with Crippen molar-refractivity contribution in [3.8, 4) is 0 Å². The van der Waals surface area contributed by atoms with Crippen LogP contribution in [-0.2, 0) is 13.1 Å². The van der Waals surface area contributed by atoms with Crippen molar-refractivity contribution in [2.45, 2.75) is 46.8 Å². The van der Waals surface area contributed by atoms with Crippen molar-refractivity contribution in [2.24, 2.45) is 10.9 Å². The normalized spacial score (nSPS) is 12.6. The molecule has 0 saturated carbocycles. The van der Waals surface area contributed by atoms with Gasteiger partial charge in [0.2, 0.25) is 0 Å². The standard InChI is InChI=1S/C19H29N5.HI/c1-14(2)13-24-11-10-21-18(24)12-22-19(20-5)23-16(4)17-9-7-6-8-15(17)3;/h6-11,14,16H,12-13H2,1-5H3,(H2,20,22,23);1H. The van der Waals surface area contributed by atoms with Crippen LogP contribution in [0.25, 0.3) is 0 Å². The fourth-order valence-corrected chi connectivity index (χ4v) is 2.78. The monoisotopic (exact) mass is 455 g/mol. The maximum absolute atomic E-state index is 4.44. The predicted molar refractivity (Wildman–Crippen MR) is 115 cm³/mol. The van der Waals surface area contributed by atoms with E-state index in [1.54, 1.807) is 7.05 Å². The maximum Gasteiger partial charge on any atom is 0.191 e. The average molecular weight is 455 g/mol. The highest BCUT2D eigenvalue weighted by Gasteiger charge is 2.11. The SMILES string of the molecule is CN=C(NCc1nccn1CC(C)C)NC(C)c1ccccc1C.I. The zero-order chi connectivity index (χ0) is 17.5. The molecule has 6 heteroatoms. The van der Waals surface area contributed by atoms with E-state index < -0.39 is 0 Å². The van der Waals surface area contributed by atoms with Crippen molar-refractivity contribution in [3.05, 3.63) is 53.6 Å². The van der Waals surface area contributed by atoms with Crippen LogP contribution in [0.2, 0.25) is 0 Å². The molecule has 0 fully saturated rings. The first-order chi connectivity index (χ1) is 11.5. The summed E-state index contributed by atoms with van der Waals surface area (Å²) in [4.78, 5) is 8.78. The first kappa shape index (κ1) is 21.5. The Kier molecular flexibility index (Phi) is 8.96. The van der Waals surface area contributed by atoms with E-state index in [2.05, 4.69) is 77.1 Å². The Morgan fingerprint density at radius 1 is 1.24 bits per heavy atom. The number of hydrogen-bond donors (Lipinski definition) is 2. The third-order valence-electron chi connectivity index (χ3n) is 4.01. The fourth-order valence-electron chi connectivity index (χ4n) is 2.78. The van der Waals surface area contributed by atoms with Gasteiger partial charge < -0.3 is 15.2 Å². The minimum absolute atomic E-state index is 0. The first-order valence-electron chi connectivity index (χ1n) is 8.54. The molecule has 2 N–H and O–H groups in total. The quantitative estimate of drug-likeness (QED) is 0.395. The molecule has 0 amide bonds. The molecule has 0 radical (unpaired) electrons. The van der Waals surface area contributed by atoms with Gasteiger partial charge >= 0.3 is 0 Å². The van der Waals surface area contributed by atoms with E-state index in [1.165, 1.54) is 11.1 Å². The highest BCUT2D eigenvalue weighted by Crippen LogP contribution is 2.16. The highest BCUT2D eigenvalue weighted by atomic mass is 127. The fraction of sp³-hybridized carbons (Fsp3) is 0.474. The molecule has 1 atom stereocenters. The summed E-state index contributed by atoms with van der Waals surface area (Å²) >= 11 is 0. The third-order valence-corrected chi connectivity index (χ3v) is 4.01. The summed E-state index contributed by atoms with van der Waals surface area (Å²) in [5, 5.41) is 6.81. The zero-order valence-electron chi connectivity index (χ0n) is 15.8. The van der Waals surface area contributed by atoms with Gasteiger partial charge in [0.05, 0.1) is 12.6 Å². The number of imidazole rings is 1. The largest absolute Gasteiger partial charge is 0.350 e. The number of aliphatic imine (C=N–C) groups is 1. The Labute approximate surface area is 168 Å². The minimum Gasteiger partial charge on any atom is -0.350 e. The summed E-state index contributed by atoms with van der Waals surface area (Å²) < 4.78 is 2.19. The van der Waals surface area contributed by atoms with Gasteiger partial charge in [-0.15, -0.1) is 24.0 Å². The molecular formula is C19H30IN5. The second kappa shape index (κ2) is 10.4. The van der Waals surface area contributed by atoms with Crippen molar-refractivity contribution < 1.29 is 0 Å². The summed E-state index contributed by atoms with van der Waals surface area (Å²) in [6.45, 7) is 10.3. The van der Waals surface area contributed by atoms with Gasteiger partial charge in [-0.3, -0.25) is 4.99 Å². The van der Waals surface area contributed by atoms with E-state index in [0.717, 1.165) is 18.3 Å². The van der Waals surface area contributed by atoms with E-state index in [9.17, 15) is 0 Å². The smallest absolute Gasteiger partial charge is 0.191 e. The van der Waals surface area contributed by atoms with Crippen LogP contribution >= 0.6 is 24.0 Å². The molecular weight excluding hydrogens is 425 g/mol. The van der Waals surface area contributed by atoms with Gasteiger partial charge in [0.15, 0.2) is 5.96 Å². The van der Waals surface area contributed by atoms with Gasteiger partial charge in [-0.25, -0.2) is 4.98 Å². The summed E-state index contributed by atoms with van der Waals surface area (Å²) in [7, 11) is 1.79. The molecule has 138 valence electrons. The number of aryl methyl sites for hydroxylation is 1. The van der Waals surface area contributed by atoms with E-state index >= 15 is 0 Å². The van der Waals surface area contributed by atoms with Crippen molar-refractivity contribution in [1.29, 1.82) is 0 Å².